The second-order valence-corrected chi connectivity index (χ2v) is 7.19. The lowest BCUT2D eigenvalue weighted by atomic mass is 9.77. The van der Waals surface area contributed by atoms with Crippen LogP contribution in [0, 0.1) is 18.8 Å². The number of carbonyl (C=O) groups is 1. The van der Waals surface area contributed by atoms with Gasteiger partial charge in [0.25, 0.3) is 0 Å². The van der Waals surface area contributed by atoms with E-state index in [0.717, 1.165) is 14.2 Å². The number of hydrogen-bond donors (Lipinski definition) is 2. The smallest absolute Gasteiger partial charge is 0.307 e. The number of thiophene rings is 1. The molecule has 1 heterocycles. The van der Waals surface area contributed by atoms with Gasteiger partial charge in [0.15, 0.2) is 0 Å². The molecule has 0 fully saturated rings. The van der Waals surface area contributed by atoms with Gasteiger partial charge in [-0.1, -0.05) is 12.2 Å². The summed E-state index contributed by atoms with van der Waals surface area (Å²) in [5, 5.41) is 19.7. The van der Waals surface area contributed by atoms with Crippen LogP contribution in [0.15, 0.2) is 22.0 Å². The molecule has 2 rings (SSSR count). The molecule has 0 radical (unpaired) electrons. The zero-order valence-electron chi connectivity index (χ0n) is 9.97. The number of rotatable bonds is 3. The van der Waals surface area contributed by atoms with E-state index in [9.17, 15) is 15.0 Å². The number of aliphatic hydroxyl groups excluding tert-OH is 1. The number of carboxylic acids is 1. The van der Waals surface area contributed by atoms with Crippen LogP contribution in [-0.4, -0.2) is 16.2 Å². The number of aryl methyl sites for hydroxylation is 1. The first kappa shape index (κ1) is 13.8. The average Bonchev–Trinajstić information content (AvgIpc) is 2.67. The summed E-state index contributed by atoms with van der Waals surface area (Å²) in [4.78, 5) is 12.3. The molecule has 3 unspecified atom stereocenters. The SMILES string of the molecule is Cc1sc(Br)cc1C(O)C1CC=CCC1C(=O)O. The molecule has 3 atom stereocenters. The van der Waals surface area contributed by atoms with Crippen molar-refractivity contribution in [3.05, 3.63) is 32.4 Å². The first-order valence-corrected chi connectivity index (χ1v) is 7.43. The molecule has 1 aromatic rings. The molecule has 1 aliphatic rings. The maximum absolute atomic E-state index is 11.2. The van der Waals surface area contributed by atoms with Crippen molar-refractivity contribution in [2.75, 3.05) is 0 Å². The number of halogens is 1. The number of aliphatic carboxylic acids is 1. The predicted octanol–water partition coefficient (Wildman–Crippen LogP) is 3.52. The molecule has 0 aliphatic heterocycles. The Labute approximate surface area is 118 Å². The molecule has 0 amide bonds. The number of allylic oxidation sites excluding steroid dienone is 2. The third-order valence-electron chi connectivity index (χ3n) is 3.45. The number of carboxylic acid groups (broad SMARTS) is 1. The average molecular weight is 331 g/mol. The molecule has 2 N–H and O–H groups in total. The minimum absolute atomic E-state index is 0.243. The highest BCUT2D eigenvalue weighted by Gasteiger charge is 2.35. The molecule has 98 valence electrons. The Morgan fingerprint density at radius 3 is 2.72 bits per heavy atom. The van der Waals surface area contributed by atoms with Gasteiger partial charge in [0.05, 0.1) is 15.8 Å². The van der Waals surface area contributed by atoms with Gasteiger partial charge in [0, 0.05) is 10.8 Å². The van der Waals surface area contributed by atoms with Crippen LogP contribution >= 0.6 is 27.3 Å². The van der Waals surface area contributed by atoms with Crippen LogP contribution in [0.2, 0.25) is 0 Å². The van der Waals surface area contributed by atoms with E-state index in [-0.39, 0.29) is 5.92 Å². The number of hydrogen-bond acceptors (Lipinski definition) is 3. The standard InChI is InChI=1S/C13H15BrO3S/c1-7-10(6-11(14)18-7)12(15)8-4-2-3-5-9(8)13(16)17/h2-3,6,8-9,12,15H,4-5H2,1H3,(H,16,17). The van der Waals surface area contributed by atoms with Crippen molar-refractivity contribution in [2.45, 2.75) is 25.9 Å². The quantitative estimate of drug-likeness (QED) is 0.833. The van der Waals surface area contributed by atoms with Gasteiger partial charge in [0.2, 0.25) is 0 Å². The summed E-state index contributed by atoms with van der Waals surface area (Å²) in [5.74, 6) is -1.56. The van der Waals surface area contributed by atoms with Crippen molar-refractivity contribution in [1.82, 2.24) is 0 Å². The van der Waals surface area contributed by atoms with Crippen LogP contribution in [0.1, 0.15) is 29.4 Å². The maximum Gasteiger partial charge on any atom is 0.307 e. The summed E-state index contributed by atoms with van der Waals surface area (Å²) >= 11 is 4.96. The minimum Gasteiger partial charge on any atom is -0.481 e. The Kier molecular flexibility index (Phi) is 4.25. The fourth-order valence-corrected chi connectivity index (χ4v) is 4.20. The van der Waals surface area contributed by atoms with Gasteiger partial charge in [-0.2, -0.15) is 0 Å². The molecule has 5 heteroatoms. The summed E-state index contributed by atoms with van der Waals surface area (Å²) < 4.78 is 0.965. The highest BCUT2D eigenvalue weighted by atomic mass is 79.9. The Morgan fingerprint density at radius 2 is 2.17 bits per heavy atom. The van der Waals surface area contributed by atoms with E-state index < -0.39 is 18.0 Å². The van der Waals surface area contributed by atoms with Crippen LogP contribution in [-0.2, 0) is 4.79 Å². The largest absolute Gasteiger partial charge is 0.481 e. The second kappa shape index (κ2) is 5.55. The molecular formula is C13H15BrO3S. The van der Waals surface area contributed by atoms with Crippen molar-refractivity contribution in [1.29, 1.82) is 0 Å². The van der Waals surface area contributed by atoms with Crippen LogP contribution < -0.4 is 0 Å². The third kappa shape index (κ3) is 2.68. The fraction of sp³-hybridized carbons (Fsp3) is 0.462. The molecule has 1 aromatic heterocycles. The summed E-state index contributed by atoms with van der Waals surface area (Å²) in [6.45, 7) is 1.95. The summed E-state index contributed by atoms with van der Waals surface area (Å²) in [6, 6.07) is 1.89. The Bertz CT molecular complexity index is 481. The summed E-state index contributed by atoms with van der Waals surface area (Å²) in [5.41, 5.74) is 0.846. The zero-order valence-corrected chi connectivity index (χ0v) is 12.4. The molecule has 18 heavy (non-hydrogen) atoms. The van der Waals surface area contributed by atoms with E-state index in [1.807, 2.05) is 25.1 Å². The zero-order chi connectivity index (χ0) is 13.3. The highest BCUT2D eigenvalue weighted by Crippen LogP contribution is 2.40. The van der Waals surface area contributed by atoms with E-state index in [1.54, 1.807) is 11.3 Å². The summed E-state index contributed by atoms with van der Waals surface area (Å²) in [6.07, 6.45) is 4.26. The van der Waals surface area contributed by atoms with E-state index in [1.165, 1.54) is 0 Å². The fourth-order valence-electron chi connectivity index (χ4n) is 2.45. The van der Waals surface area contributed by atoms with Crippen LogP contribution in [0.4, 0.5) is 0 Å². The van der Waals surface area contributed by atoms with Crippen molar-refractivity contribution < 1.29 is 15.0 Å². The van der Waals surface area contributed by atoms with E-state index >= 15 is 0 Å². The monoisotopic (exact) mass is 330 g/mol. The first-order valence-electron chi connectivity index (χ1n) is 5.82. The van der Waals surface area contributed by atoms with Gasteiger partial charge in [-0.3, -0.25) is 4.79 Å². The van der Waals surface area contributed by atoms with E-state index in [0.29, 0.717) is 12.8 Å². The van der Waals surface area contributed by atoms with Gasteiger partial charge in [-0.05, 0) is 47.3 Å². The van der Waals surface area contributed by atoms with Crippen LogP contribution in [0.5, 0.6) is 0 Å². The van der Waals surface area contributed by atoms with Gasteiger partial charge >= 0.3 is 5.97 Å². The summed E-state index contributed by atoms with van der Waals surface area (Å²) in [7, 11) is 0. The van der Waals surface area contributed by atoms with Gasteiger partial charge in [0.1, 0.15) is 0 Å². The molecule has 0 aromatic carbocycles. The van der Waals surface area contributed by atoms with Gasteiger partial charge in [-0.15, -0.1) is 11.3 Å². The number of aliphatic hydroxyl groups is 1. The molecule has 0 spiro atoms. The first-order chi connectivity index (χ1) is 8.50. The van der Waals surface area contributed by atoms with Crippen molar-refractivity contribution in [3.8, 4) is 0 Å². The van der Waals surface area contributed by atoms with Gasteiger partial charge < -0.3 is 10.2 Å². The van der Waals surface area contributed by atoms with Crippen molar-refractivity contribution >= 4 is 33.2 Å². The van der Waals surface area contributed by atoms with Crippen molar-refractivity contribution in [2.24, 2.45) is 11.8 Å². The molecular weight excluding hydrogens is 316 g/mol. The topological polar surface area (TPSA) is 57.5 Å². The van der Waals surface area contributed by atoms with E-state index in [2.05, 4.69) is 15.9 Å². The molecule has 1 aliphatic carbocycles. The molecule has 0 saturated heterocycles. The Hall–Kier alpha value is -0.650. The third-order valence-corrected chi connectivity index (χ3v) is 5.02. The van der Waals surface area contributed by atoms with Crippen LogP contribution in [0.3, 0.4) is 0 Å². The lowest BCUT2D eigenvalue weighted by Crippen LogP contribution is -2.29. The lowest BCUT2D eigenvalue weighted by Gasteiger charge is -2.29. The Morgan fingerprint density at radius 1 is 1.50 bits per heavy atom. The normalized spacial score (nSPS) is 25.1. The van der Waals surface area contributed by atoms with Crippen LogP contribution in [0.25, 0.3) is 0 Å². The maximum atomic E-state index is 11.2. The lowest BCUT2D eigenvalue weighted by molar-refractivity contribution is -0.145. The second-order valence-electron chi connectivity index (χ2n) is 4.56. The molecule has 0 saturated carbocycles. The minimum atomic E-state index is -0.824. The van der Waals surface area contributed by atoms with Gasteiger partial charge in [-0.25, -0.2) is 0 Å². The highest BCUT2D eigenvalue weighted by molar-refractivity contribution is 9.11. The Balaban J connectivity index is 2.26. The van der Waals surface area contributed by atoms with Crippen molar-refractivity contribution in [3.63, 3.8) is 0 Å². The molecule has 0 bridgehead atoms. The molecule has 3 nitrogen and oxygen atoms in total. The predicted molar refractivity (Wildman–Crippen MR) is 74.7 cm³/mol. The van der Waals surface area contributed by atoms with E-state index in [4.69, 9.17) is 0 Å².